The summed E-state index contributed by atoms with van der Waals surface area (Å²) in [6.45, 7) is 12.6. The molecule has 0 saturated carbocycles. The van der Waals surface area contributed by atoms with Crippen molar-refractivity contribution in [1.82, 2.24) is 9.80 Å². The first-order valence-electron chi connectivity index (χ1n) is 12.8. The number of likely N-dealkylation sites (N-methyl/N-ethyl adjacent to an activating group) is 1. The first-order valence-corrected chi connectivity index (χ1v) is 12.8. The second-order valence-electron chi connectivity index (χ2n) is 11.6. The lowest BCUT2D eigenvalue weighted by molar-refractivity contribution is -0.138. The van der Waals surface area contributed by atoms with E-state index in [-0.39, 0.29) is 35.7 Å². The number of Topliss-reactive ketones (excluding diaryl/α,β-unsaturated/α-hetero) is 1. The zero-order valence-corrected chi connectivity index (χ0v) is 21.8. The molecule has 2 N–H and O–H groups in total. The van der Waals surface area contributed by atoms with E-state index in [1.54, 1.807) is 11.0 Å². The summed E-state index contributed by atoms with van der Waals surface area (Å²) in [6, 6.07) is 5.14. The Balaban J connectivity index is 1.74. The van der Waals surface area contributed by atoms with Crippen LogP contribution in [0.3, 0.4) is 0 Å². The maximum Gasteiger partial charge on any atom is 0.249 e. The molecule has 4 rings (SSSR count). The number of piperazine rings is 1. The highest BCUT2D eigenvalue weighted by Gasteiger charge is 2.52. The highest BCUT2D eigenvalue weighted by atomic mass is 16.5. The molecule has 1 aromatic rings. The van der Waals surface area contributed by atoms with E-state index in [1.807, 2.05) is 12.1 Å². The quantitative estimate of drug-likeness (QED) is 0.665. The van der Waals surface area contributed by atoms with E-state index < -0.39 is 17.9 Å². The lowest BCUT2D eigenvalue weighted by Crippen LogP contribution is -2.45. The first-order chi connectivity index (χ1) is 16.5. The fourth-order valence-corrected chi connectivity index (χ4v) is 5.81. The van der Waals surface area contributed by atoms with Crippen LogP contribution in [-0.2, 0) is 14.3 Å². The minimum Gasteiger partial charge on any atom is -0.369 e. The van der Waals surface area contributed by atoms with Crippen molar-refractivity contribution in [3.63, 3.8) is 0 Å². The molecule has 3 aliphatic heterocycles. The fourth-order valence-electron chi connectivity index (χ4n) is 5.81. The summed E-state index contributed by atoms with van der Waals surface area (Å²) in [7, 11) is 2.11. The maximum atomic E-state index is 14.2. The summed E-state index contributed by atoms with van der Waals surface area (Å²) in [6.07, 6.45) is 1.14. The largest absolute Gasteiger partial charge is 0.369 e. The number of fused-ring (bicyclic) bond motifs is 1. The highest BCUT2D eigenvalue weighted by molar-refractivity contribution is 5.99. The van der Waals surface area contributed by atoms with Crippen LogP contribution in [0.4, 0.5) is 5.69 Å². The van der Waals surface area contributed by atoms with E-state index in [2.05, 4.69) is 44.5 Å². The van der Waals surface area contributed by atoms with Gasteiger partial charge in [-0.25, -0.2) is 0 Å². The van der Waals surface area contributed by atoms with Gasteiger partial charge in [0.1, 0.15) is 12.6 Å². The van der Waals surface area contributed by atoms with E-state index in [4.69, 9.17) is 10.5 Å². The number of rotatable bonds is 6. The van der Waals surface area contributed by atoms with Gasteiger partial charge < -0.3 is 25.2 Å². The van der Waals surface area contributed by atoms with Crippen LogP contribution < -0.4 is 10.6 Å². The predicted octanol–water partition coefficient (Wildman–Crippen LogP) is 2.26. The Morgan fingerprint density at radius 1 is 1.17 bits per heavy atom. The molecule has 3 aliphatic rings. The number of hydrogen-bond acceptors (Lipinski definition) is 6. The lowest BCUT2D eigenvalue weighted by Gasteiger charge is -2.35. The van der Waals surface area contributed by atoms with Gasteiger partial charge in [0, 0.05) is 49.9 Å². The minimum atomic E-state index is -0.574. The Morgan fingerprint density at radius 2 is 1.86 bits per heavy atom. The molecule has 35 heavy (non-hydrogen) atoms. The summed E-state index contributed by atoms with van der Waals surface area (Å²) in [5.74, 6) is -1.12. The molecule has 2 amide bonds. The van der Waals surface area contributed by atoms with Crippen molar-refractivity contribution >= 4 is 23.3 Å². The molecular formula is C27H40N4O4. The van der Waals surface area contributed by atoms with Gasteiger partial charge in [-0.15, -0.1) is 0 Å². The van der Waals surface area contributed by atoms with Gasteiger partial charge in [-0.05, 0) is 49.1 Å². The maximum absolute atomic E-state index is 14.2. The standard InChI is InChI=1S/C27H40N4O4/c1-6-17-15-31(23-22(32)16-35-24(17)23)26(34)21(14-27(2,3)4)20-13-18(7-8-19(20)25(28)33)30-11-9-29(5)10-12-30/h7-8,13,17,21,23-24H,6,9-12,14-16H2,1-5H3,(H2,28,33)/t17-,21+,23-,24-/m1/s1. The highest BCUT2D eigenvalue weighted by Crippen LogP contribution is 2.40. The molecule has 8 nitrogen and oxygen atoms in total. The summed E-state index contributed by atoms with van der Waals surface area (Å²) >= 11 is 0. The van der Waals surface area contributed by atoms with Gasteiger partial charge in [0.25, 0.3) is 0 Å². The number of carbonyl (C=O) groups is 3. The molecule has 0 aliphatic carbocycles. The van der Waals surface area contributed by atoms with Crippen LogP contribution >= 0.6 is 0 Å². The van der Waals surface area contributed by atoms with Gasteiger partial charge in [-0.2, -0.15) is 0 Å². The topological polar surface area (TPSA) is 96.2 Å². The second-order valence-corrected chi connectivity index (χ2v) is 11.6. The number of ether oxygens (including phenoxy) is 1. The molecule has 3 fully saturated rings. The lowest BCUT2D eigenvalue weighted by atomic mass is 9.79. The van der Waals surface area contributed by atoms with Gasteiger partial charge in [0.05, 0.1) is 12.0 Å². The molecule has 192 valence electrons. The Hall–Kier alpha value is -2.45. The molecule has 0 spiro atoms. The zero-order chi connectivity index (χ0) is 25.5. The summed E-state index contributed by atoms with van der Waals surface area (Å²) in [4.78, 5) is 45.8. The van der Waals surface area contributed by atoms with Crippen LogP contribution in [0, 0.1) is 11.3 Å². The fraction of sp³-hybridized carbons (Fsp3) is 0.667. The molecule has 0 radical (unpaired) electrons. The summed E-state index contributed by atoms with van der Waals surface area (Å²) in [5.41, 5.74) is 7.66. The van der Waals surface area contributed by atoms with Crippen molar-refractivity contribution in [3.8, 4) is 0 Å². The van der Waals surface area contributed by atoms with E-state index in [0.29, 0.717) is 24.1 Å². The van der Waals surface area contributed by atoms with E-state index in [0.717, 1.165) is 38.3 Å². The van der Waals surface area contributed by atoms with E-state index in [1.165, 1.54) is 0 Å². The summed E-state index contributed by atoms with van der Waals surface area (Å²) < 4.78 is 5.80. The third-order valence-electron chi connectivity index (χ3n) is 7.76. The second kappa shape index (κ2) is 9.90. The molecule has 4 atom stereocenters. The van der Waals surface area contributed by atoms with E-state index in [9.17, 15) is 14.4 Å². The number of primary amides is 1. The van der Waals surface area contributed by atoms with Crippen molar-refractivity contribution in [2.45, 2.75) is 58.6 Å². The number of nitrogens with two attached hydrogens (primary N) is 1. The molecule has 8 heteroatoms. The van der Waals surface area contributed by atoms with Crippen LogP contribution in [0.1, 0.15) is 62.4 Å². The van der Waals surface area contributed by atoms with Gasteiger partial charge in [0.15, 0.2) is 5.78 Å². The molecule has 0 unspecified atom stereocenters. The van der Waals surface area contributed by atoms with Crippen molar-refractivity contribution in [1.29, 1.82) is 0 Å². The average molecular weight is 485 g/mol. The number of ketones is 1. The third-order valence-corrected chi connectivity index (χ3v) is 7.76. The van der Waals surface area contributed by atoms with Gasteiger partial charge in [-0.1, -0.05) is 27.7 Å². The monoisotopic (exact) mass is 484 g/mol. The van der Waals surface area contributed by atoms with Crippen LogP contribution in [-0.4, -0.2) is 85.9 Å². The third kappa shape index (κ3) is 5.23. The number of anilines is 1. The molecule has 3 heterocycles. The number of likely N-dealkylation sites (tertiary alicyclic amines) is 1. The van der Waals surface area contributed by atoms with Crippen molar-refractivity contribution in [3.05, 3.63) is 29.3 Å². The van der Waals surface area contributed by atoms with Crippen molar-refractivity contribution in [2.75, 3.05) is 51.3 Å². The van der Waals surface area contributed by atoms with Gasteiger partial charge in [0.2, 0.25) is 11.8 Å². The Morgan fingerprint density at radius 3 is 2.46 bits per heavy atom. The minimum absolute atomic E-state index is 0.0323. The number of amides is 2. The van der Waals surface area contributed by atoms with Crippen LogP contribution in [0.5, 0.6) is 0 Å². The molecule has 0 aromatic heterocycles. The smallest absolute Gasteiger partial charge is 0.249 e. The van der Waals surface area contributed by atoms with Gasteiger partial charge in [-0.3, -0.25) is 14.4 Å². The summed E-state index contributed by atoms with van der Waals surface area (Å²) in [5, 5.41) is 0. The van der Waals surface area contributed by atoms with Crippen LogP contribution in [0.15, 0.2) is 18.2 Å². The molecule has 3 saturated heterocycles. The van der Waals surface area contributed by atoms with Crippen molar-refractivity contribution in [2.24, 2.45) is 17.1 Å². The predicted molar refractivity (Wildman–Crippen MR) is 136 cm³/mol. The number of carbonyl (C=O) groups excluding carboxylic acids is 3. The Bertz CT molecular complexity index is 980. The number of nitrogens with zero attached hydrogens (tertiary/aromatic N) is 3. The van der Waals surface area contributed by atoms with Crippen LogP contribution in [0.2, 0.25) is 0 Å². The first kappa shape index (κ1) is 25.6. The number of benzene rings is 1. The van der Waals surface area contributed by atoms with Gasteiger partial charge >= 0.3 is 0 Å². The molecule has 1 aromatic carbocycles. The molecule has 0 bridgehead atoms. The molecular weight excluding hydrogens is 444 g/mol. The number of hydrogen-bond donors (Lipinski definition) is 1. The Kier molecular flexibility index (Phi) is 7.25. The average Bonchev–Trinajstić information content (AvgIpc) is 3.37. The van der Waals surface area contributed by atoms with Crippen LogP contribution in [0.25, 0.3) is 0 Å². The normalized spacial score (nSPS) is 26.2. The SMILES string of the molecule is CC[C@@H]1CN(C(=O)[C@@H](CC(C)(C)C)c2cc(N3CCN(C)CC3)ccc2C(N)=O)[C@@H]2C(=O)CO[C@H]12. The van der Waals surface area contributed by atoms with E-state index >= 15 is 0 Å². The zero-order valence-electron chi connectivity index (χ0n) is 21.8. The van der Waals surface area contributed by atoms with Crippen molar-refractivity contribution < 1.29 is 19.1 Å². The Labute approximate surface area is 208 Å².